The van der Waals surface area contributed by atoms with Gasteiger partial charge < -0.3 is 20.8 Å². The highest BCUT2D eigenvalue weighted by molar-refractivity contribution is 5.98. The SMILES string of the molecule is O=C(O)c1cnc(NCc2ccccc2)c([N+](=O)[O-])c1NC1[C@@H]2CC3C[C@H]1CC(O)(C3)C2. The van der Waals surface area contributed by atoms with Crippen LogP contribution in [0.3, 0.4) is 0 Å². The Morgan fingerprint density at radius 1 is 1.19 bits per heavy atom. The van der Waals surface area contributed by atoms with Crippen molar-refractivity contribution in [1.82, 2.24) is 4.98 Å². The molecule has 0 aliphatic heterocycles. The molecule has 4 fully saturated rings. The molecule has 168 valence electrons. The molecule has 6 rings (SSSR count). The first-order valence-corrected chi connectivity index (χ1v) is 11.0. The molecule has 5 atom stereocenters. The molecule has 1 heterocycles. The van der Waals surface area contributed by atoms with Crippen LogP contribution in [0.1, 0.15) is 48.0 Å². The van der Waals surface area contributed by atoms with Crippen molar-refractivity contribution in [3.8, 4) is 0 Å². The van der Waals surface area contributed by atoms with Crippen LogP contribution in [-0.4, -0.2) is 37.7 Å². The van der Waals surface area contributed by atoms with Gasteiger partial charge in [-0.05, 0) is 55.4 Å². The van der Waals surface area contributed by atoms with E-state index >= 15 is 0 Å². The number of aromatic nitrogens is 1. The maximum absolute atomic E-state index is 12.1. The molecular weight excluding hydrogens is 412 g/mol. The summed E-state index contributed by atoms with van der Waals surface area (Å²) >= 11 is 0. The highest BCUT2D eigenvalue weighted by Crippen LogP contribution is 2.56. The molecular formula is C23H26N4O5. The number of aromatic carboxylic acids is 1. The molecule has 9 heteroatoms. The summed E-state index contributed by atoms with van der Waals surface area (Å²) in [5, 5.41) is 38.9. The van der Waals surface area contributed by atoms with Gasteiger partial charge in [0.25, 0.3) is 0 Å². The monoisotopic (exact) mass is 438 g/mol. The molecule has 1 aromatic carbocycles. The van der Waals surface area contributed by atoms with Gasteiger partial charge in [-0.3, -0.25) is 10.1 Å². The molecule has 4 N–H and O–H groups in total. The fourth-order valence-corrected chi connectivity index (χ4v) is 6.28. The Morgan fingerprint density at radius 3 is 2.47 bits per heavy atom. The van der Waals surface area contributed by atoms with Crippen molar-refractivity contribution in [3.63, 3.8) is 0 Å². The molecule has 4 bridgehead atoms. The lowest BCUT2D eigenvalue weighted by Gasteiger charge is -2.58. The van der Waals surface area contributed by atoms with Gasteiger partial charge >= 0.3 is 11.7 Å². The number of pyridine rings is 1. The minimum absolute atomic E-state index is 0.00229. The molecule has 4 aliphatic rings. The van der Waals surface area contributed by atoms with Crippen molar-refractivity contribution < 1.29 is 19.9 Å². The summed E-state index contributed by atoms with van der Waals surface area (Å²) in [6.07, 6.45) is 5.22. The molecule has 0 amide bonds. The van der Waals surface area contributed by atoms with E-state index < -0.39 is 16.5 Å². The number of rotatable bonds is 7. The number of nitrogens with zero attached hydrogens (tertiary/aromatic N) is 2. The Bertz CT molecular complexity index is 1040. The van der Waals surface area contributed by atoms with Crippen molar-refractivity contribution in [1.29, 1.82) is 0 Å². The van der Waals surface area contributed by atoms with E-state index in [1.54, 1.807) is 0 Å². The number of hydrogen-bond donors (Lipinski definition) is 4. The van der Waals surface area contributed by atoms with Crippen molar-refractivity contribution in [2.45, 2.75) is 50.3 Å². The molecule has 0 saturated heterocycles. The van der Waals surface area contributed by atoms with Gasteiger partial charge in [-0.15, -0.1) is 0 Å². The zero-order valence-electron chi connectivity index (χ0n) is 17.5. The summed E-state index contributed by atoms with van der Waals surface area (Å²) in [7, 11) is 0. The number of carboxylic acids is 1. The maximum Gasteiger partial charge on any atom is 0.339 e. The van der Waals surface area contributed by atoms with Crippen LogP contribution in [0.2, 0.25) is 0 Å². The van der Waals surface area contributed by atoms with Crippen molar-refractivity contribution in [2.24, 2.45) is 17.8 Å². The fraction of sp³-hybridized carbons (Fsp3) is 0.478. The number of nitrogens with one attached hydrogen (secondary N) is 2. The largest absolute Gasteiger partial charge is 0.478 e. The molecule has 9 nitrogen and oxygen atoms in total. The topological polar surface area (TPSA) is 138 Å². The maximum atomic E-state index is 12.1. The smallest absolute Gasteiger partial charge is 0.339 e. The number of aliphatic hydroxyl groups is 1. The van der Waals surface area contributed by atoms with Crippen molar-refractivity contribution in [2.75, 3.05) is 10.6 Å². The third kappa shape index (κ3) is 3.66. The lowest BCUT2D eigenvalue weighted by molar-refractivity contribution is -0.383. The molecule has 2 aromatic rings. The standard InChI is InChI=1S/C23H26N4O5/c28-22(29)17-12-25-21(24-11-13-4-2-1-3-5-13)20(27(31)32)19(17)26-18-15-6-14-7-16(18)10-23(30,8-14)9-15/h1-5,12,14-16,18,30H,6-11H2,(H,28,29)(H2,24,25,26)/t14?,15-,16+,18?,23?. The van der Waals surface area contributed by atoms with Crippen LogP contribution < -0.4 is 10.6 Å². The summed E-state index contributed by atoms with van der Waals surface area (Å²) in [5.41, 5.74) is -0.285. The summed E-state index contributed by atoms with van der Waals surface area (Å²) in [6, 6.07) is 9.31. The highest BCUT2D eigenvalue weighted by atomic mass is 16.6. The van der Waals surface area contributed by atoms with Gasteiger partial charge in [0.15, 0.2) is 0 Å². The number of hydrogen-bond acceptors (Lipinski definition) is 7. The van der Waals surface area contributed by atoms with Gasteiger partial charge in [0.2, 0.25) is 5.82 Å². The van der Waals surface area contributed by atoms with Crippen LogP contribution in [0.25, 0.3) is 0 Å². The first-order valence-electron chi connectivity index (χ1n) is 11.0. The lowest BCUT2D eigenvalue weighted by Crippen LogP contribution is -2.59. The Labute approximate surface area is 185 Å². The van der Waals surface area contributed by atoms with Gasteiger partial charge in [-0.1, -0.05) is 30.3 Å². The first-order chi connectivity index (χ1) is 15.3. The molecule has 4 saturated carbocycles. The zero-order valence-corrected chi connectivity index (χ0v) is 17.5. The summed E-state index contributed by atoms with van der Waals surface area (Å²) < 4.78 is 0. The fourth-order valence-electron chi connectivity index (χ4n) is 6.28. The van der Waals surface area contributed by atoms with E-state index in [-0.39, 0.29) is 40.6 Å². The average molecular weight is 438 g/mol. The van der Waals surface area contributed by atoms with E-state index in [0.717, 1.165) is 24.8 Å². The Hall–Kier alpha value is -3.20. The van der Waals surface area contributed by atoms with E-state index in [9.17, 15) is 25.1 Å². The average Bonchev–Trinajstić information content (AvgIpc) is 2.73. The van der Waals surface area contributed by atoms with Crippen LogP contribution >= 0.6 is 0 Å². The second-order valence-corrected chi connectivity index (χ2v) is 9.51. The molecule has 3 unspecified atom stereocenters. The summed E-state index contributed by atoms with van der Waals surface area (Å²) in [5.74, 6) is -0.415. The van der Waals surface area contributed by atoms with Gasteiger partial charge in [0, 0.05) is 18.8 Å². The van der Waals surface area contributed by atoms with Crippen molar-refractivity contribution >= 4 is 23.2 Å². The molecule has 0 spiro atoms. The molecule has 0 radical (unpaired) electrons. The predicted molar refractivity (Wildman–Crippen MR) is 118 cm³/mol. The van der Waals surface area contributed by atoms with E-state index in [1.165, 1.54) is 6.20 Å². The van der Waals surface area contributed by atoms with Crippen molar-refractivity contribution in [3.05, 3.63) is 57.8 Å². The third-order valence-electron chi connectivity index (χ3n) is 7.32. The van der Waals surface area contributed by atoms with Crippen LogP contribution in [0.5, 0.6) is 0 Å². The van der Waals surface area contributed by atoms with Crippen LogP contribution in [0, 0.1) is 27.9 Å². The van der Waals surface area contributed by atoms with Crippen LogP contribution in [0.4, 0.5) is 17.2 Å². The number of benzene rings is 1. The Kier molecular flexibility index (Phi) is 5.00. The Balaban J connectivity index is 1.48. The van der Waals surface area contributed by atoms with Gasteiger partial charge in [-0.2, -0.15) is 0 Å². The second kappa shape index (κ2) is 7.74. The van der Waals surface area contributed by atoms with E-state index in [4.69, 9.17) is 0 Å². The minimum atomic E-state index is -1.26. The third-order valence-corrected chi connectivity index (χ3v) is 7.32. The summed E-state index contributed by atoms with van der Waals surface area (Å²) in [4.78, 5) is 27.5. The number of carboxylic acid groups (broad SMARTS) is 1. The minimum Gasteiger partial charge on any atom is -0.478 e. The first kappa shape index (κ1) is 20.7. The van der Waals surface area contributed by atoms with Crippen LogP contribution in [0.15, 0.2) is 36.5 Å². The summed E-state index contributed by atoms with van der Waals surface area (Å²) in [6.45, 7) is 0.323. The zero-order chi connectivity index (χ0) is 22.5. The number of anilines is 2. The van der Waals surface area contributed by atoms with Crippen LogP contribution in [-0.2, 0) is 6.54 Å². The lowest BCUT2D eigenvalue weighted by atomic mass is 9.52. The van der Waals surface area contributed by atoms with E-state index in [2.05, 4.69) is 15.6 Å². The number of carbonyl (C=O) groups is 1. The molecule has 32 heavy (non-hydrogen) atoms. The second-order valence-electron chi connectivity index (χ2n) is 9.51. The predicted octanol–water partition coefficient (Wildman–Crippen LogP) is 3.65. The van der Waals surface area contributed by atoms with Gasteiger partial charge in [0.1, 0.15) is 11.3 Å². The van der Waals surface area contributed by atoms with Gasteiger partial charge in [0.05, 0.1) is 10.5 Å². The van der Waals surface area contributed by atoms with E-state index in [1.807, 2.05) is 30.3 Å². The molecule has 4 aliphatic carbocycles. The number of nitro groups is 1. The van der Waals surface area contributed by atoms with Gasteiger partial charge in [-0.25, -0.2) is 9.78 Å². The normalized spacial score (nSPS) is 30.2. The Morgan fingerprint density at radius 2 is 1.88 bits per heavy atom. The van der Waals surface area contributed by atoms with E-state index in [0.29, 0.717) is 25.3 Å². The molecule has 1 aromatic heterocycles. The highest BCUT2D eigenvalue weighted by Gasteiger charge is 2.55. The quantitative estimate of drug-likeness (QED) is 0.380.